The number of likely N-dealkylation sites (tertiary alicyclic amines) is 1. The molecule has 3 atom stereocenters. The lowest BCUT2D eigenvalue weighted by atomic mass is 9.84. The Morgan fingerprint density at radius 1 is 1.22 bits per heavy atom. The second kappa shape index (κ2) is 7.83. The minimum atomic E-state index is -4.13. The van der Waals surface area contributed by atoms with Crippen LogP contribution in [0.3, 0.4) is 0 Å². The summed E-state index contributed by atoms with van der Waals surface area (Å²) in [7, 11) is 0. The molecule has 1 aliphatic carbocycles. The number of rotatable bonds is 5. The van der Waals surface area contributed by atoms with Gasteiger partial charge in [0.25, 0.3) is 0 Å². The van der Waals surface area contributed by atoms with E-state index in [2.05, 4.69) is 10.6 Å². The number of carbonyl (C=O) groups excluding carboxylic acids is 1. The number of alkyl halides is 3. The zero-order valence-corrected chi connectivity index (χ0v) is 14.0. The van der Waals surface area contributed by atoms with E-state index in [4.69, 9.17) is 0 Å². The van der Waals surface area contributed by atoms with Crippen LogP contribution >= 0.6 is 0 Å². The van der Waals surface area contributed by atoms with Crippen molar-refractivity contribution in [2.24, 2.45) is 5.92 Å². The Morgan fingerprint density at radius 2 is 1.96 bits per heavy atom. The molecule has 0 aromatic carbocycles. The van der Waals surface area contributed by atoms with Gasteiger partial charge in [-0.25, -0.2) is 0 Å². The number of carbonyl (C=O) groups is 1. The van der Waals surface area contributed by atoms with Gasteiger partial charge >= 0.3 is 6.18 Å². The fraction of sp³-hybridized carbons (Fsp3) is 0.938. The Kier molecular flexibility index (Phi) is 6.31. The fourth-order valence-electron chi connectivity index (χ4n) is 3.68. The molecule has 0 unspecified atom stereocenters. The van der Waals surface area contributed by atoms with Crippen LogP contribution in [0.4, 0.5) is 13.2 Å². The molecule has 1 amide bonds. The van der Waals surface area contributed by atoms with E-state index in [-0.39, 0.29) is 30.0 Å². The van der Waals surface area contributed by atoms with Gasteiger partial charge in [0, 0.05) is 37.1 Å². The van der Waals surface area contributed by atoms with E-state index in [1.807, 2.05) is 13.8 Å². The molecule has 1 heterocycles. The molecular weight excluding hydrogens is 307 g/mol. The van der Waals surface area contributed by atoms with Crippen molar-refractivity contribution in [2.45, 2.75) is 70.3 Å². The Morgan fingerprint density at radius 3 is 2.61 bits per heavy atom. The summed E-state index contributed by atoms with van der Waals surface area (Å²) in [6.45, 7) is 4.00. The number of amides is 1. The maximum absolute atomic E-state index is 12.4. The summed E-state index contributed by atoms with van der Waals surface area (Å²) in [5, 5.41) is 6.44. The molecule has 4 nitrogen and oxygen atoms in total. The Bertz CT molecular complexity index is 401. The number of hydrogen-bond donors (Lipinski definition) is 2. The normalized spacial score (nSPS) is 29.9. The molecule has 1 saturated carbocycles. The first kappa shape index (κ1) is 18.5. The van der Waals surface area contributed by atoms with Crippen LogP contribution in [-0.2, 0) is 4.79 Å². The lowest BCUT2D eigenvalue weighted by Crippen LogP contribution is -2.46. The first-order valence-electron chi connectivity index (χ1n) is 8.58. The van der Waals surface area contributed by atoms with E-state index in [0.29, 0.717) is 13.1 Å². The van der Waals surface area contributed by atoms with Crippen LogP contribution in [0.5, 0.6) is 0 Å². The molecule has 7 heteroatoms. The van der Waals surface area contributed by atoms with Gasteiger partial charge in [0.1, 0.15) is 0 Å². The van der Waals surface area contributed by atoms with Gasteiger partial charge in [-0.1, -0.05) is 6.42 Å². The standard InChI is InChI=1S/C16H28F3N3O/c1-11(2)20-15(23)12-4-3-5-13(8-12)21-14-6-7-22(9-14)10-16(17,18)19/h11-14,21H,3-10H2,1-2H3,(H,20,23)/t12-,13+,14+/m1/s1. The van der Waals surface area contributed by atoms with Crippen molar-refractivity contribution in [2.75, 3.05) is 19.6 Å². The van der Waals surface area contributed by atoms with Gasteiger partial charge in [-0.15, -0.1) is 0 Å². The topological polar surface area (TPSA) is 44.4 Å². The summed E-state index contributed by atoms with van der Waals surface area (Å²) >= 11 is 0. The largest absolute Gasteiger partial charge is 0.401 e. The predicted octanol–water partition coefficient (Wildman–Crippen LogP) is 2.30. The van der Waals surface area contributed by atoms with E-state index in [1.165, 1.54) is 4.90 Å². The fourth-order valence-corrected chi connectivity index (χ4v) is 3.68. The van der Waals surface area contributed by atoms with Gasteiger partial charge in [0.15, 0.2) is 0 Å². The van der Waals surface area contributed by atoms with Gasteiger partial charge in [-0.05, 0) is 39.5 Å². The highest BCUT2D eigenvalue weighted by Crippen LogP contribution is 2.26. The monoisotopic (exact) mass is 335 g/mol. The molecule has 1 saturated heterocycles. The molecule has 0 aromatic heterocycles. The van der Waals surface area contributed by atoms with E-state index in [0.717, 1.165) is 32.1 Å². The smallest absolute Gasteiger partial charge is 0.354 e. The summed E-state index contributed by atoms with van der Waals surface area (Å²) in [6, 6.07) is 0.485. The van der Waals surface area contributed by atoms with Crippen LogP contribution in [-0.4, -0.2) is 54.7 Å². The third-order valence-electron chi connectivity index (χ3n) is 4.62. The van der Waals surface area contributed by atoms with Crippen molar-refractivity contribution >= 4 is 5.91 Å². The van der Waals surface area contributed by atoms with Crippen LogP contribution in [0.1, 0.15) is 46.0 Å². The number of nitrogens with zero attached hydrogens (tertiary/aromatic N) is 1. The molecule has 2 N–H and O–H groups in total. The van der Waals surface area contributed by atoms with Crippen molar-refractivity contribution in [1.29, 1.82) is 0 Å². The van der Waals surface area contributed by atoms with E-state index in [1.54, 1.807) is 0 Å². The minimum Gasteiger partial charge on any atom is -0.354 e. The Labute approximate surface area is 136 Å². The summed E-state index contributed by atoms with van der Waals surface area (Å²) < 4.78 is 37.3. The minimum absolute atomic E-state index is 0.0244. The second-order valence-corrected chi connectivity index (χ2v) is 7.23. The van der Waals surface area contributed by atoms with Gasteiger partial charge in [0.2, 0.25) is 5.91 Å². The highest BCUT2D eigenvalue weighted by molar-refractivity contribution is 5.79. The SMILES string of the molecule is CC(C)NC(=O)[C@@H]1CCC[C@H](N[C@H]2CCN(CC(F)(F)F)C2)C1. The highest BCUT2D eigenvalue weighted by atomic mass is 19.4. The third-order valence-corrected chi connectivity index (χ3v) is 4.62. The summed E-state index contributed by atoms with van der Waals surface area (Å²) in [5.74, 6) is 0.132. The average Bonchev–Trinajstić information content (AvgIpc) is 2.83. The van der Waals surface area contributed by atoms with E-state index >= 15 is 0 Å². The van der Waals surface area contributed by atoms with Crippen LogP contribution in [0.2, 0.25) is 0 Å². The van der Waals surface area contributed by atoms with Crippen LogP contribution < -0.4 is 10.6 Å². The number of hydrogen-bond acceptors (Lipinski definition) is 3. The quantitative estimate of drug-likeness (QED) is 0.810. The first-order chi connectivity index (χ1) is 10.7. The molecule has 0 spiro atoms. The van der Waals surface area contributed by atoms with Crippen molar-refractivity contribution < 1.29 is 18.0 Å². The van der Waals surface area contributed by atoms with Crippen LogP contribution in [0.15, 0.2) is 0 Å². The third kappa shape index (κ3) is 6.30. The molecule has 0 bridgehead atoms. The molecule has 2 aliphatic rings. The van der Waals surface area contributed by atoms with Gasteiger partial charge in [-0.3, -0.25) is 9.69 Å². The van der Waals surface area contributed by atoms with Gasteiger partial charge in [-0.2, -0.15) is 13.2 Å². The predicted molar refractivity (Wildman–Crippen MR) is 83.1 cm³/mol. The summed E-state index contributed by atoms with van der Waals surface area (Å²) in [6.07, 6.45) is 0.305. The van der Waals surface area contributed by atoms with E-state index in [9.17, 15) is 18.0 Å². The van der Waals surface area contributed by atoms with Gasteiger partial charge in [0.05, 0.1) is 6.54 Å². The average molecular weight is 335 g/mol. The Hall–Kier alpha value is -0.820. The Balaban J connectivity index is 1.76. The lowest BCUT2D eigenvalue weighted by molar-refractivity contribution is -0.143. The zero-order valence-electron chi connectivity index (χ0n) is 14.0. The highest BCUT2D eigenvalue weighted by Gasteiger charge is 2.35. The second-order valence-electron chi connectivity index (χ2n) is 7.23. The maximum Gasteiger partial charge on any atom is 0.401 e. The molecule has 23 heavy (non-hydrogen) atoms. The maximum atomic E-state index is 12.4. The molecule has 0 aromatic rings. The molecule has 0 radical (unpaired) electrons. The van der Waals surface area contributed by atoms with Crippen LogP contribution in [0.25, 0.3) is 0 Å². The van der Waals surface area contributed by atoms with Crippen LogP contribution in [0, 0.1) is 5.92 Å². The van der Waals surface area contributed by atoms with E-state index < -0.39 is 12.7 Å². The molecule has 2 fully saturated rings. The zero-order chi connectivity index (χ0) is 17.0. The van der Waals surface area contributed by atoms with Crippen molar-refractivity contribution in [3.8, 4) is 0 Å². The van der Waals surface area contributed by atoms with Crippen molar-refractivity contribution in [1.82, 2.24) is 15.5 Å². The number of nitrogens with one attached hydrogen (secondary N) is 2. The molecular formula is C16H28F3N3O. The van der Waals surface area contributed by atoms with Crippen molar-refractivity contribution in [3.63, 3.8) is 0 Å². The molecule has 134 valence electrons. The summed E-state index contributed by atoms with van der Waals surface area (Å²) in [5.41, 5.74) is 0. The van der Waals surface area contributed by atoms with Gasteiger partial charge < -0.3 is 10.6 Å². The summed E-state index contributed by atoms with van der Waals surface area (Å²) in [4.78, 5) is 13.6. The van der Waals surface area contributed by atoms with Crippen molar-refractivity contribution in [3.05, 3.63) is 0 Å². The number of halogens is 3. The molecule has 2 rings (SSSR count). The molecule has 1 aliphatic heterocycles. The first-order valence-corrected chi connectivity index (χ1v) is 8.58. The lowest BCUT2D eigenvalue weighted by Gasteiger charge is -2.31.